The van der Waals surface area contributed by atoms with E-state index in [1.54, 1.807) is 0 Å². The molecular formula is C11H20O. The fourth-order valence-electron chi connectivity index (χ4n) is 0.954. The van der Waals surface area contributed by atoms with E-state index >= 15 is 0 Å². The van der Waals surface area contributed by atoms with Crippen molar-refractivity contribution in [2.45, 2.75) is 39.5 Å². The summed E-state index contributed by atoms with van der Waals surface area (Å²) in [5.74, 6) is 1.12. The minimum Gasteiger partial charge on any atom is -0.498 e. The number of rotatable bonds is 7. The van der Waals surface area contributed by atoms with E-state index in [4.69, 9.17) is 4.74 Å². The Bertz CT molecular complexity index is 136. The molecule has 0 aliphatic carbocycles. The maximum absolute atomic E-state index is 5.51. The van der Waals surface area contributed by atoms with E-state index in [1.165, 1.54) is 0 Å². The summed E-state index contributed by atoms with van der Waals surface area (Å²) < 4.78 is 5.51. The van der Waals surface area contributed by atoms with Crippen LogP contribution in [0.4, 0.5) is 0 Å². The number of allylic oxidation sites excluding steroid dienone is 3. The minimum absolute atomic E-state index is 0.841. The first-order valence-corrected chi connectivity index (χ1v) is 4.74. The zero-order valence-electron chi connectivity index (χ0n) is 8.31. The number of hydrogen-bond acceptors (Lipinski definition) is 1. The van der Waals surface area contributed by atoms with Crippen molar-refractivity contribution in [3.63, 3.8) is 0 Å². The molecule has 1 heteroatoms. The zero-order valence-corrected chi connectivity index (χ0v) is 8.31. The molecule has 0 amide bonds. The molecule has 1 nitrogen and oxygen atoms in total. The van der Waals surface area contributed by atoms with E-state index in [0.29, 0.717) is 0 Å². The first-order chi connectivity index (χ1) is 5.85. The molecular weight excluding hydrogens is 148 g/mol. The van der Waals surface area contributed by atoms with Crippen LogP contribution in [-0.2, 0) is 4.74 Å². The summed E-state index contributed by atoms with van der Waals surface area (Å²) in [4.78, 5) is 0. The van der Waals surface area contributed by atoms with Gasteiger partial charge in [-0.1, -0.05) is 13.0 Å². The fourth-order valence-corrected chi connectivity index (χ4v) is 0.954. The average molecular weight is 168 g/mol. The summed E-state index contributed by atoms with van der Waals surface area (Å²) in [5, 5.41) is 0. The van der Waals surface area contributed by atoms with Crippen LogP contribution in [0, 0.1) is 0 Å². The predicted octanol–water partition coefficient (Wildman–Crippen LogP) is 3.67. The molecule has 0 spiro atoms. The van der Waals surface area contributed by atoms with Gasteiger partial charge < -0.3 is 4.74 Å². The Labute approximate surface area is 76.1 Å². The van der Waals surface area contributed by atoms with Crippen LogP contribution in [0.15, 0.2) is 24.5 Å². The van der Waals surface area contributed by atoms with Crippen molar-refractivity contribution in [3.8, 4) is 0 Å². The third kappa shape index (κ3) is 6.02. The van der Waals surface area contributed by atoms with Crippen LogP contribution in [0.1, 0.15) is 39.5 Å². The van der Waals surface area contributed by atoms with Gasteiger partial charge in [0.1, 0.15) is 0 Å². The van der Waals surface area contributed by atoms with Crippen LogP contribution in [0.5, 0.6) is 0 Å². The van der Waals surface area contributed by atoms with E-state index < -0.39 is 0 Å². The number of unbranched alkanes of at least 4 members (excludes halogenated alkanes) is 1. The summed E-state index contributed by atoms with van der Waals surface area (Å²) >= 11 is 0. The second-order valence-electron chi connectivity index (χ2n) is 2.78. The maximum Gasteiger partial charge on any atom is 0.0917 e. The number of ether oxygens (including phenoxy) is 1. The lowest BCUT2D eigenvalue weighted by atomic mass is 10.2. The molecule has 0 aromatic carbocycles. The predicted molar refractivity (Wildman–Crippen MR) is 54.0 cm³/mol. The Morgan fingerprint density at radius 2 is 2.25 bits per heavy atom. The molecule has 0 saturated carbocycles. The quantitative estimate of drug-likeness (QED) is 0.320. The van der Waals surface area contributed by atoms with Gasteiger partial charge >= 0.3 is 0 Å². The van der Waals surface area contributed by atoms with Crippen molar-refractivity contribution in [1.82, 2.24) is 0 Å². The Kier molecular flexibility index (Phi) is 7.87. The van der Waals surface area contributed by atoms with Crippen molar-refractivity contribution >= 4 is 0 Å². The maximum atomic E-state index is 5.51. The van der Waals surface area contributed by atoms with Gasteiger partial charge in [-0.15, -0.1) is 6.58 Å². The second-order valence-corrected chi connectivity index (χ2v) is 2.78. The van der Waals surface area contributed by atoms with Crippen LogP contribution in [0.3, 0.4) is 0 Å². The Morgan fingerprint density at radius 1 is 1.50 bits per heavy atom. The Morgan fingerprint density at radius 3 is 2.75 bits per heavy atom. The van der Waals surface area contributed by atoms with Gasteiger partial charge in [-0.2, -0.15) is 0 Å². The number of hydrogen-bond donors (Lipinski definition) is 0. The van der Waals surface area contributed by atoms with Crippen LogP contribution < -0.4 is 0 Å². The molecule has 0 unspecified atom stereocenters. The standard InChI is InChI=1S/C11H20O/c1-4-7-8-9-11(6-3)12-10-5-2/h4,6H,1,5,7-10H2,2-3H3/b11-6-. The third-order valence-corrected chi connectivity index (χ3v) is 1.64. The van der Waals surface area contributed by atoms with Gasteiger partial charge in [0.2, 0.25) is 0 Å². The second kappa shape index (κ2) is 8.38. The third-order valence-electron chi connectivity index (χ3n) is 1.64. The molecule has 0 aliphatic heterocycles. The Hall–Kier alpha value is -0.720. The monoisotopic (exact) mass is 168 g/mol. The SMILES string of the molecule is C=CCCC/C(=C/C)OCCC. The molecule has 0 N–H and O–H groups in total. The summed E-state index contributed by atoms with van der Waals surface area (Å²) in [6.07, 6.45) is 8.35. The minimum atomic E-state index is 0.841. The highest BCUT2D eigenvalue weighted by Gasteiger charge is 1.94. The molecule has 0 aliphatic rings. The van der Waals surface area contributed by atoms with Crippen LogP contribution in [-0.4, -0.2) is 6.61 Å². The molecule has 0 bridgehead atoms. The highest BCUT2D eigenvalue weighted by Crippen LogP contribution is 2.09. The fraction of sp³-hybridized carbons (Fsp3) is 0.636. The lowest BCUT2D eigenvalue weighted by Gasteiger charge is -2.07. The topological polar surface area (TPSA) is 9.23 Å². The molecule has 0 saturated heterocycles. The van der Waals surface area contributed by atoms with Crippen molar-refractivity contribution in [2.75, 3.05) is 6.61 Å². The van der Waals surface area contributed by atoms with Crippen molar-refractivity contribution in [1.29, 1.82) is 0 Å². The van der Waals surface area contributed by atoms with Gasteiger partial charge in [0.25, 0.3) is 0 Å². The van der Waals surface area contributed by atoms with Gasteiger partial charge in [-0.3, -0.25) is 0 Å². The van der Waals surface area contributed by atoms with E-state index in [9.17, 15) is 0 Å². The lowest BCUT2D eigenvalue weighted by molar-refractivity contribution is 0.201. The van der Waals surface area contributed by atoms with Gasteiger partial charge in [0, 0.05) is 6.42 Å². The van der Waals surface area contributed by atoms with E-state index in [-0.39, 0.29) is 0 Å². The van der Waals surface area contributed by atoms with E-state index in [2.05, 4.69) is 19.6 Å². The van der Waals surface area contributed by atoms with Gasteiger partial charge in [0.15, 0.2) is 0 Å². The van der Waals surface area contributed by atoms with E-state index in [0.717, 1.165) is 38.0 Å². The first-order valence-electron chi connectivity index (χ1n) is 4.74. The van der Waals surface area contributed by atoms with Crippen LogP contribution in [0.2, 0.25) is 0 Å². The molecule has 0 aromatic heterocycles. The lowest BCUT2D eigenvalue weighted by Crippen LogP contribution is -1.93. The highest BCUT2D eigenvalue weighted by molar-refractivity contribution is 4.90. The Balaban J connectivity index is 3.47. The summed E-state index contributed by atoms with van der Waals surface area (Å²) in [6.45, 7) is 8.68. The molecule has 70 valence electrons. The molecule has 0 atom stereocenters. The summed E-state index contributed by atoms with van der Waals surface area (Å²) in [6, 6.07) is 0. The first kappa shape index (κ1) is 11.3. The van der Waals surface area contributed by atoms with Crippen molar-refractivity contribution in [2.24, 2.45) is 0 Å². The van der Waals surface area contributed by atoms with Gasteiger partial charge in [-0.05, 0) is 32.3 Å². The van der Waals surface area contributed by atoms with Gasteiger partial charge in [-0.25, -0.2) is 0 Å². The molecule has 12 heavy (non-hydrogen) atoms. The summed E-state index contributed by atoms with van der Waals surface area (Å²) in [7, 11) is 0. The zero-order chi connectivity index (χ0) is 9.23. The average Bonchev–Trinajstić information content (AvgIpc) is 2.11. The van der Waals surface area contributed by atoms with Crippen molar-refractivity contribution < 1.29 is 4.74 Å². The molecule has 0 aromatic rings. The smallest absolute Gasteiger partial charge is 0.0917 e. The molecule has 0 rings (SSSR count). The van der Waals surface area contributed by atoms with E-state index in [1.807, 2.05) is 13.0 Å². The highest BCUT2D eigenvalue weighted by atomic mass is 16.5. The normalized spacial score (nSPS) is 11.3. The summed E-state index contributed by atoms with van der Waals surface area (Å²) in [5.41, 5.74) is 0. The largest absolute Gasteiger partial charge is 0.498 e. The van der Waals surface area contributed by atoms with Gasteiger partial charge in [0.05, 0.1) is 12.4 Å². The van der Waals surface area contributed by atoms with Crippen LogP contribution in [0.25, 0.3) is 0 Å². The van der Waals surface area contributed by atoms with Crippen molar-refractivity contribution in [3.05, 3.63) is 24.5 Å². The molecule has 0 radical (unpaired) electrons. The van der Waals surface area contributed by atoms with Crippen LogP contribution >= 0.6 is 0 Å². The molecule has 0 fully saturated rings. The molecule has 0 heterocycles.